The maximum atomic E-state index is 5.88. The fraction of sp³-hybridized carbons (Fsp3) is 0.500. The van der Waals surface area contributed by atoms with E-state index in [1.54, 1.807) is 0 Å². The van der Waals surface area contributed by atoms with Crippen LogP contribution >= 0.6 is 12.2 Å². The summed E-state index contributed by atoms with van der Waals surface area (Å²) in [6, 6.07) is 10.6. The smallest absolute Gasteiger partial charge is 0.186 e. The van der Waals surface area contributed by atoms with Gasteiger partial charge in [0, 0.05) is 17.1 Å². The second-order valence-corrected chi connectivity index (χ2v) is 6.81. The van der Waals surface area contributed by atoms with Crippen molar-refractivity contribution in [2.24, 2.45) is 0 Å². The molecule has 0 spiro atoms. The minimum Gasteiger partial charge on any atom is -0.307 e. The summed E-state index contributed by atoms with van der Waals surface area (Å²) < 4.78 is 5.70. The average molecular weight is 313 g/mol. The van der Waals surface area contributed by atoms with Crippen LogP contribution < -0.4 is 0 Å². The third-order valence-corrected chi connectivity index (χ3v) is 5.39. The van der Waals surface area contributed by atoms with Gasteiger partial charge in [0.1, 0.15) is 0 Å². The van der Waals surface area contributed by atoms with Crippen LogP contribution in [0.2, 0.25) is 0 Å². The molecule has 1 aromatic carbocycles. The molecule has 0 unspecified atom stereocenters. The van der Waals surface area contributed by atoms with Gasteiger partial charge in [0.2, 0.25) is 0 Å². The standard InChI is InChI=1S/C18H23N3S/c22-18-20(14-19-12-6-7-13-19)16-10-4-5-11-17(16)21(18)15-8-2-1-3-9-15/h1-3,8-9H,4-7,10-14H2. The zero-order valence-electron chi connectivity index (χ0n) is 13.0. The molecule has 1 fully saturated rings. The highest BCUT2D eigenvalue weighted by atomic mass is 32.1. The molecular weight excluding hydrogens is 290 g/mol. The van der Waals surface area contributed by atoms with Gasteiger partial charge in [0.25, 0.3) is 0 Å². The Bertz CT molecular complexity index is 708. The number of benzene rings is 1. The fourth-order valence-electron chi connectivity index (χ4n) is 3.87. The van der Waals surface area contributed by atoms with Gasteiger partial charge in [-0.2, -0.15) is 0 Å². The monoisotopic (exact) mass is 313 g/mol. The first-order valence-electron chi connectivity index (χ1n) is 8.45. The van der Waals surface area contributed by atoms with E-state index in [9.17, 15) is 0 Å². The summed E-state index contributed by atoms with van der Waals surface area (Å²) in [6.45, 7) is 3.40. The van der Waals surface area contributed by atoms with Gasteiger partial charge >= 0.3 is 0 Å². The maximum Gasteiger partial charge on any atom is 0.186 e. The van der Waals surface area contributed by atoms with Crippen LogP contribution in [0.5, 0.6) is 0 Å². The highest BCUT2D eigenvalue weighted by Crippen LogP contribution is 2.27. The lowest BCUT2D eigenvalue weighted by molar-refractivity contribution is 0.263. The summed E-state index contributed by atoms with van der Waals surface area (Å²) in [4.78, 5) is 2.54. The summed E-state index contributed by atoms with van der Waals surface area (Å²) in [6.07, 6.45) is 7.56. The van der Waals surface area contributed by atoms with Crippen molar-refractivity contribution >= 4 is 12.2 Å². The predicted octanol–water partition coefficient (Wildman–Crippen LogP) is 3.94. The number of imidazole rings is 1. The summed E-state index contributed by atoms with van der Waals surface area (Å²) in [5, 5.41) is 0. The molecule has 4 rings (SSSR count). The van der Waals surface area contributed by atoms with Crippen LogP contribution in [-0.4, -0.2) is 27.1 Å². The number of hydrogen-bond acceptors (Lipinski definition) is 2. The van der Waals surface area contributed by atoms with Crippen LogP contribution in [-0.2, 0) is 19.5 Å². The van der Waals surface area contributed by atoms with Crippen LogP contribution in [0.15, 0.2) is 30.3 Å². The number of nitrogens with zero attached hydrogens (tertiary/aromatic N) is 3. The quantitative estimate of drug-likeness (QED) is 0.796. The van der Waals surface area contributed by atoms with Crippen LogP contribution in [0.4, 0.5) is 0 Å². The highest BCUT2D eigenvalue weighted by Gasteiger charge is 2.23. The van der Waals surface area contributed by atoms with Gasteiger partial charge in [0.15, 0.2) is 4.77 Å². The molecule has 1 aromatic heterocycles. The second kappa shape index (κ2) is 6.01. The summed E-state index contributed by atoms with van der Waals surface area (Å²) in [5.74, 6) is 0. The number of fused-ring (bicyclic) bond motifs is 1. The van der Waals surface area contributed by atoms with Crippen molar-refractivity contribution in [2.45, 2.75) is 45.2 Å². The van der Waals surface area contributed by atoms with Crippen molar-refractivity contribution in [3.63, 3.8) is 0 Å². The predicted molar refractivity (Wildman–Crippen MR) is 92.0 cm³/mol. The van der Waals surface area contributed by atoms with E-state index in [0.29, 0.717) is 0 Å². The van der Waals surface area contributed by atoms with Gasteiger partial charge < -0.3 is 4.57 Å². The molecule has 22 heavy (non-hydrogen) atoms. The zero-order chi connectivity index (χ0) is 14.9. The summed E-state index contributed by atoms with van der Waals surface area (Å²) in [7, 11) is 0. The van der Waals surface area contributed by atoms with Crippen LogP contribution in [0.3, 0.4) is 0 Å². The van der Waals surface area contributed by atoms with Gasteiger partial charge in [-0.05, 0) is 76.0 Å². The first kappa shape index (κ1) is 14.2. The topological polar surface area (TPSA) is 13.1 Å². The Balaban J connectivity index is 1.81. The number of hydrogen-bond donors (Lipinski definition) is 0. The number of rotatable bonds is 3. The van der Waals surface area contributed by atoms with E-state index in [0.717, 1.165) is 17.9 Å². The Kier molecular flexibility index (Phi) is 3.89. The van der Waals surface area contributed by atoms with Crippen LogP contribution in [0.1, 0.15) is 37.1 Å². The Morgan fingerprint density at radius 2 is 1.55 bits per heavy atom. The van der Waals surface area contributed by atoms with E-state index in [-0.39, 0.29) is 0 Å². The molecule has 116 valence electrons. The van der Waals surface area contributed by atoms with E-state index in [1.165, 1.54) is 62.3 Å². The average Bonchev–Trinajstić information content (AvgIpc) is 3.16. The lowest BCUT2D eigenvalue weighted by Gasteiger charge is -2.19. The Morgan fingerprint density at radius 1 is 0.864 bits per heavy atom. The van der Waals surface area contributed by atoms with Crippen LogP contribution in [0, 0.1) is 4.77 Å². The van der Waals surface area contributed by atoms with Crippen molar-refractivity contribution in [2.75, 3.05) is 13.1 Å². The molecule has 2 aliphatic rings. The minimum absolute atomic E-state index is 0.973. The first-order chi connectivity index (χ1) is 10.8. The third kappa shape index (κ3) is 2.44. The van der Waals surface area contributed by atoms with Crippen molar-refractivity contribution in [1.29, 1.82) is 0 Å². The molecule has 4 heteroatoms. The Morgan fingerprint density at radius 3 is 2.27 bits per heavy atom. The molecule has 1 aliphatic heterocycles. The zero-order valence-corrected chi connectivity index (χ0v) is 13.8. The molecular formula is C18H23N3S. The van der Waals surface area contributed by atoms with E-state index in [4.69, 9.17) is 12.2 Å². The van der Waals surface area contributed by atoms with E-state index < -0.39 is 0 Å². The normalized spacial score (nSPS) is 18.5. The van der Waals surface area contributed by atoms with Crippen molar-refractivity contribution < 1.29 is 0 Å². The third-order valence-electron chi connectivity index (χ3n) is 4.98. The molecule has 1 saturated heterocycles. The fourth-order valence-corrected chi connectivity index (χ4v) is 4.25. The van der Waals surface area contributed by atoms with Gasteiger partial charge in [-0.15, -0.1) is 0 Å². The van der Waals surface area contributed by atoms with Crippen molar-refractivity contribution in [1.82, 2.24) is 14.0 Å². The molecule has 0 saturated carbocycles. The van der Waals surface area contributed by atoms with E-state index >= 15 is 0 Å². The molecule has 0 atom stereocenters. The first-order valence-corrected chi connectivity index (χ1v) is 8.86. The number of para-hydroxylation sites is 1. The minimum atomic E-state index is 0.973. The molecule has 0 radical (unpaired) electrons. The van der Waals surface area contributed by atoms with Crippen LogP contribution in [0.25, 0.3) is 5.69 Å². The second-order valence-electron chi connectivity index (χ2n) is 6.45. The molecule has 0 bridgehead atoms. The summed E-state index contributed by atoms with van der Waals surface area (Å²) >= 11 is 5.88. The largest absolute Gasteiger partial charge is 0.307 e. The van der Waals surface area contributed by atoms with E-state index in [2.05, 4.69) is 44.4 Å². The number of likely N-dealkylation sites (tertiary alicyclic amines) is 1. The van der Waals surface area contributed by atoms with Crippen molar-refractivity contribution in [3.8, 4) is 5.69 Å². The van der Waals surface area contributed by atoms with Gasteiger partial charge in [-0.3, -0.25) is 9.47 Å². The molecule has 2 heterocycles. The molecule has 0 N–H and O–H groups in total. The molecule has 2 aromatic rings. The lowest BCUT2D eigenvalue weighted by atomic mass is 10.0. The maximum absolute atomic E-state index is 5.88. The summed E-state index contributed by atoms with van der Waals surface area (Å²) in [5.41, 5.74) is 4.14. The number of aromatic nitrogens is 2. The van der Waals surface area contributed by atoms with E-state index in [1.807, 2.05) is 0 Å². The van der Waals surface area contributed by atoms with Gasteiger partial charge in [-0.25, -0.2) is 0 Å². The highest BCUT2D eigenvalue weighted by molar-refractivity contribution is 7.71. The van der Waals surface area contributed by atoms with Gasteiger partial charge in [-0.1, -0.05) is 18.2 Å². The van der Waals surface area contributed by atoms with Crippen molar-refractivity contribution in [3.05, 3.63) is 46.5 Å². The Labute approximate surface area is 137 Å². The SMILES string of the molecule is S=c1n(CN2CCCC2)c2c(n1-c1ccccc1)CCCC2. The Hall–Kier alpha value is -1.39. The lowest BCUT2D eigenvalue weighted by Crippen LogP contribution is -2.24. The molecule has 3 nitrogen and oxygen atoms in total. The molecule has 0 amide bonds. The molecule has 1 aliphatic carbocycles. The van der Waals surface area contributed by atoms with Gasteiger partial charge in [0.05, 0.1) is 6.67 Å².